The van der Waals surface area contributed by atoms with Crippen LogP contribution in [0.4, 0.5) is 0 Å². The molecule has 0 aliphatic heterocycles. The Balaban J connectivity index is 0.00000225. The standard InChI is InChI=1S/C9H12NO4P.ClH/c1-2-14-9(10)7-3-5-8(6-4-7)15(11,12)13;/h3-6,10H,2H2,1H3,(H2,11,12,13);1H. The molecule has 0 aromatic heterocycles. The molecule has 0 aliphatic carbocycles. The van der Waals surface area contributed by atoms with Gasteiger partial charge in [0.05, 0.1) is 11.9 Å². The van der Waals surface area contributed by atoms with E-state index in [2.05, 4.69) is 0 Å². The molecule has 0 atom stereocenters. The molecule has 0 saturated carbocycles. The van der Waals surface area contributed by atoms with Gasteiger partial charge >= 0.3 is 7.60 Å². The minimum atomic E-state index is -4.19. The van der Waals surface area contributed by atoms with Crippen LogP contribution in [-0.4, -0.2) is 22.3 Å². The molecule has 0 saturated heterocycles. The minimum absolute atomic E-state index is 0. The molecule has 0 amide bonds. The SMILES string of the molecule is CCOC(=N)c1ccc(P(=O)(O)O)cc1.Cl. The van der Waals surface area contributed by atoms with E-state index in [0.29, 0.717) is 12.2 Å². The van der Waals surface area contributed by atoms with E-state index in [1.807, 2.05) is 0 Å². The Kier molecular flexibility index (Phi) is 5.68. The van der Waals surface area contributed by atoms with Crippen molar-refractivity contribution in [1.82, 2.24) is 0 Å². The van der Waals surface area contributed by atoms with Gasteiger partial charge in [-0.3, -0.25) is 9.97 Å². The predicted octanol–water partition coefficient (Wildman–Crippen LogP) is 1.27. The third-order valence-electron chi connectivity index (χ3n) is 1.75. The Morgan fingerprint density at radius 2 is 1.88 bits per heavy atom. The molecule has 0 radical (unpaired) electrons. The van der Waals surface area contributed by atoms with Crippen molar-refractivity contribution >= 4 is 31.2 Å². The van der Waals surface area contributed by atoms with Crippen LogP contribution in [0, 0.1) is 5.41 Å². The molecular weight excluding hydrogens is 253 g/mol. The van der Waals surface area contributed by atoms with Gasteiger partial charge in [0.25, 0.3) is 0 Å². The Hall–Kier alpha value is -0.870. The van der Waals surface area contributed by atoms with Crippen molar-refractivity contribution in [3.05, 3.63) is 29.8 Å². The van der Waals surface area contributed by atoms with Gasteiger partial charge in [0.2, 0.25) is 5.90 Å². The first-order valence-corrected chi connectivity index (χ1v) is 5.94. The van der Waals surface area contributed by atoms with Crippen molar-refractivity contribution < 1.29 is 19.1 Å². The van der Waals surface area contributed by atoms with E-state index in [9.17, 15) is 4.57 Å². The largest absolute Gasteiger partial charge is 0.478 e. The van der Waals surface area contributed by atoms with Crippen LogP contribution in [0.5, 0.6) is 0 Å². The lowest BCUT2D eigenvalue weighted by molar-refractivity contribution is 0.325. The third-order valence-corrected chi connectivity index (χ3v) is 2.73. The smallest absolute Gasteiger partial charge is 0.356 e. The molecule has 5 nitrogen and oxygen atoms in total. The van der Waals surface area contributed by atoms with E-state index in [-0.39, 0.29) is 23.6 Å². The van der Waals surface area contributed by atoms with Gasteiger partial charge in [-0.05, 0) is 31.2 Å². The summed E-state index contributed by atoms with van der Waals surface area (Å²) in [6.45, 7) is 2.15. The van der Waals surface area contributed by atoms with Gasteiger partial charge in [0.1, 0.15) is 0 Å². The van der Waals surface area contributed by atoms with Crippen LogP contribution in [0.3, 0.4) is 0 Å². The highest BCUT2D eigenvalue weighted by Gasteiger charge is 2.16. The van der Waals surface area contributed by atoms with E-state index in [0.717, 1.165) is 0 Å². The maximum Gasteiger partial charge on any atom is 0.356 e. The normalized spacial score (nSPS) is 10.4. The first kappa shape index (κ1) is 15.1. The molecule has 3 N–H and O–H groups in total. The fraction of sp³-hybridized carbons (Fsp3) is 0.222. The quantitative estimate of drug-likeness (QED) is 0.436. The monoisotopic (exact) mass is 265 g/mol. The van der Waals surface area contributed by atoms with Crippen molar-refractivity contribution in [3.8, 4) is 0 Å². The zero-order valence-electron chi connectivity index (χ0n) is 8.58. The molecule has 16 heavy (non-hydrogen) atoms. The van der Waals surface area contributed by atoms with E-state index < -0.39 is 7.60 Å². The highest BCUT2D eigenvalue weighted by Crippen LogP contribution is 2.32. The first-order valence-electron chi connectivity index (χ1n) is 4.33. The Morgan fingerprint density at radius 1 is 1.38 bits per heavy atom. The molecule has 0 unspecified atom stereocenters. The van der Waals surface area contributed by atoms with Crippen molar-refractivity contribution in [2.24, 2.45) is 0 Å². The Bertz CT molecular complexity index is 400. The summed E-state index contributed by atoms with van der Waals surface area (Å²) in [5.74, 6) is -0.00485. The van der Waals surface area contributed by atoms with Crippen molar-refractivity contribution in [3.63, 3.8) is 0 Å². The summed E-state index contributed by atoms with van der Waals surface area (Å²) in [7, 11) is -4.19. The summed E-state index contributed by atoms with van der Waals surface area (Å²) in [4.78, 5) is 17.7. The van der Waals surface area contributed by atoms with E-state index in [4.69, 9.17) is 19.9 Å². The molecule has 0 aliphatic rings. The fourth-order valence-electron chi connectivity index (χ4n) is 1.03. The number of hydrogen-bond donors (Lipinski definition) is 3. The Morgan fingerprint density at radius 3 is 2.25 bits per heavy atom. The Labute approximate surface area is 99.5 Å². The summed E-state index contributed by atoms with van der Waals surface area (Å²) >= 11 is 0. The van der Waals surface area contributed by atoms with Crippen LogP contribution < -0.4 is 5.30 Å². The lowest BCUT2D eigenvalue weighted by Gasteiger charge is -2.06. The number of hydrogen-bond acceptors (Lipinski definition) is 3. The summed E-state index contributed by atoms with van der Waals surface area (Å²) in [6.07, 6.45) is 0. The zero-order chi connectivity index (χ0) is 11.5. The van der Waals surface area contributed by atoms with Crippen LogP contribution >= 0.6 is 20.0 Å². The zero-order valence-corrected chi connectivity index (χ0v) is 10.3. The van der Waals surface area contributed by atoms with E-state index >= 15 is 0 Å². The topological polar surface area (TPSA) is 90.6 Å². The summed E-state index contributed by atoms with van der Waals surface area (Å²) in [6, 6.07) is 5.49. The second-order valence-corrected chi connectivity index (χ2v) is 4.46. The lowest BCUT2D eigenvalue weighted by Crippen LogP contribution is -2.08. The van der Waals surface area contributed by atoms with Crippen LogP contribution in [-0.2, 0) is 9.30 Å². The van der Waals surface area contributed by atoms with Gasteiger partial charge in [0.15, 0.2) is 0 Å². The average Bonchev–Trinajstić information content (AvgIpc) is 2.17. The van der Waals surface area contributed by atoms with Gasteiger partial charge in [-0.1, -0.05) is 0 Å². The molecule has 1 aromatic carbocycles. The minimum Gasteiger partial charge on any atom is -0.478 e. The molecule has 90 valence electrons. The van der Waals surface area contributed by atoms with Crippen LogP contribution in [0.15, 0.2) is 24.3 Å². The van der Waals surface area contributed by atoms with Gasteiger partial charge in [0, 0.05) is 5.56 Å². The lowest BCUT2D eigenvalue weighted by atomic mass is 10.2. The number of ether oxygens (including phenoxy) is 1. The average molecular weight is 266 g/mol. The predicted molar refractivity (Wildman–Crippen MR) is 63.8 cm³/mol. The second kappa shape index (κ2) is 6.01. The van der Waals surface area contributed by atoms with Crippen molar-refractivity contribution in [2.45, 2.75) is 6.92 Å². The summed E-state index contributed by atoms with van der Waals surface area (Å²) in [5, 5.41) is 7.38. The molecule has 7 heteroatoms. The molecule has 1 rings (SSSR count). The van der Waals surface area contributed by atoms with E-state index in [1.165, 1.54) is 24.3 Å². The van der Waals surface area contributed by atoms with Gasteiger partial charge in [-0.15, -0.1) is 12.4 Å². The van der Waals surface area contributed by atoms with Gasteiger partial charge in [-0.25, -0.2) is 0 Å². The third kappa shape index (κ3) is 3.94. The molecule has 0 heterocycles. The van der Waals surface area contributed by atoms with Gasteiger partial charge < -0.3 is 14.5 Å². The molecule has 0 spiro atoms. The highest BCUT2D eigenvalue weighted by molar-refractivity contribution is 7.60. The van der Waals surface area contributed by atoms with E-state index in [1.54, 1.807) is 6.92 Å². The van der Waals surface area contributed by atoms with Crippen LogP contribution in [0.25, 0.3) is 0 Å². The molecule has 0 bridgehead atoms. The van der Waals surface area contributed by atoms with Gasteiger partial charge in [-0.2, -0.15) is 0 Å². The summed E-state index contributed by atoms with van der Waals surface area (Å²) in [5.41, 5.74) is 0.494. The highest BCUT2D eigenvalue weighted by atomic mass is 35.5. The van der Waals surface area contributed by atoms with Crippen LogP contribution in [0.2, 0.25) is 0 Å². The van der Waals surface area contributed by atoms with Crippen molar-refractivity contribution in [2.75, 3.05) is 6.61 Å². The summed E-state index contributed by atoms with van der Waals surface area (Å²) < 4.78 is 15.8. The molecular formula is C9H13ClNO4P. The molecule has 0 fully saturated rings. The number of benzene rings is 1. The first-order chi connectivity index (χ1) is 6.95. The number of nitrogens with one attached hydrogen (secondary N) is 1. The number of rotatable bonds is 3. The fourth-order valence-corrected chi connectivity index (χ4v) is 1.57. The van der Waals surface area contributed by atoms with Crippen molar-refractivity contribution in [1.29, 1.82) is 5.41 Å². The maximum atomic E-state index is 10.8. The molecule has 1 aromatic rings. The maximum absolute atomic E-state index is 10.8. The second-order valence-electron chi connectivity index (χ2n) is 2.85. The number of halogens is 1. The van der Waals surface area contributed by atoms with Crippen LogP contribution in [0.1, 0.15) is 12.5 Å².